The Labute approximate surface area is 160 Å². The van der Waals surface area contributed by atoms with Gasteiger partial charge in [-0.2, -0.15) is 5.10 Å². The number of likely N-dealkylation sites (tertiary alicyclic amines) is 1. The fraction of sp³-hybridized carbons (Fsp3) is 0.316. The maximum atomic E-state index is 12.6. The monoisotopic (exact) mass is 384 g/mol. The van der Waals surface area contributed by atoms with Gasteiger partial charge in [0.25, 0.3) is 0 Å². The van der Waals surface area contributed by atoms with Crippen molar-refractivity contribution < 1.29 is 24.3 Å². The third-order valence-electron chi connectivity index (χ3n) is 4.63. The van der Waals surface area contributed by atoms with Crippen LogP contribution in [0.4, 0.5) is 0 Å². The maximum Gasteiger partial charge on any atom is 0.322 e. The van der Waals surface area contributed by atoms with Crippen LogP contribution in [0.15, 0.2) is 36.5 Å². The van der Waals surface area contributed by atoms with Gasteiger partial charge in [0.15, 0.2) is 11.7 Å². The molecule has 0 bridgehead atoms. The molecule has 1 unspecified atom stereocenters. The number of aliphatic carboxylic acids is 1. The van der Waals surface area contributed by atoms with Gasteiger partial charge in [-0.15, -0.1) is 0 Å². The van der Waals surface area contributed by atoms with E-state index in [4.69, 9.17) is 5.11 Å². The van der Waals surface area contributed by atoms with Gasteiger partial charge >= 0.3 is 5.97 Å². The Bertz CT molecular complexity index is 919. The lowest BCUT2D eigenvalue weighted by Crippen LogP contribution is -2.52. The van der Waals surface area contributed by atoms with Crippen LogP contribution >= 0.6 is 0 Å². The number of piperidine rings is 1. The molecule has 1 aromatic heterocycles. The number of carbonyl (C=O) groups is 4. The lowest BCUT2D eigenvalue weighted by molar-refractivity contribution is -0.152. The predicted octanol–water partition coefficient (Wildman–Crippen LogP) is 0.206. The number of Topliss-reactive ketones (excluding diaryl/α,β-unsaturated/α-hetero) is 1. The molecule has 1 atom stereocenters. The standard InChI is InChI=1S/C19H20N4O5/c1-22-14(6-8-21-22)13-4-2-12(3-5-13)11-23-9-7-15(24)17(19(23)28)18(27)20-10-16(25)26/h2-6,8,17H,7,9-11H2,1H3,(H,20,27)(H,25,26). The highest BCUT2D eigenvalue weighted by atomic mass is 16.4. The highest BCUT2D eigenvalue weighted by Crippen LogP contribution is 2.21. The summed E-state index contributed by atoms with van der Waals surface area (Å²) in [6, 6.07) is 9.50. The average Bonchev–Trinajstić information content (AvgIpc) is 3.09. The van der Waals surface area contributed by atoms with Crippen LogP contribution in [0.3, 0.4) is 0 Å². The molecule has 9 heteroatoms. The highest BCUT2D eigenvalue weighted by molar-refractivity contribution is 6.19. The summed E-state index contributed by atoms with van der Waals surface area (Å²) < 4.78 is 1.76. The molecule has 1 aliphatic rings. The maximum absolute atomic E-state index is 12.6. The molecule has 1 saturated heterocycles. The Balaban J connectivity index is 1.69. The Morgan fingerprint density at radius 1 is 1.21 bits per heavy atom. The first-order chi connectivity index (χ1) is 13.4. The van der Waals surface area contributed by atoms with Crippen molar-refractivity contribution in [3.05, 3.63) is 42.1 Å². The average molecular weight is 384 g/mol. The van der Waals surface area contributed by atoms with Gasteiger partial charge in [-0.25, -0.2) is 0 Å². The molecule has 2 heterocycles. The van der Waals surface area contributed by atoms with Crippen molar-refractivity contribution in [2.45, 2.75) is 13.0 Å². The number of rotatable bonds is 6. The van der Waals surface area contributed by atoms with E-state index < -0.39 is 36.0 Å². The van der Waals surface area contributed by atoms with E-state index >= 15 is 0 Å². The van der Waals surface area contributed by atoms with Crippen LogP contribution in [-0.4, -0.2) is 56.4 Å². The smallest absolute Gasteiger partial charge is 0.322 e. The Kier molecular flexibility index (Phi) is 5.53. The van der Waals surface area contributed by atoms with Gasteiger partial charge in [0.1, 0.15) is 6.54 Å². The third kappa shape index (κ3) is 4.08. The molecule has 2 N–H and O–H groups in total. The molecule has 146 valence electrons. The van der Waals surface area contributed by atoms with Crippen LogP contribution in [0.25, 0.3) is 11.3 Å². The molecule has 1 aliphatic heterocycles. The fourth-order valence-corrected chi connectivity index (χ4v) is 3.16. The second-order valence-corrected chi connectivity index (χ2v) is 6.56. The zero-order valence-corrected chi connectivity index (χ0v) is 15.3. The van der Waals surface area contributed by atoms with Crippen LogP contribution in [0.1, 0.15) is 12.0 Å². The number of nitrogens with one attached hydrogen (secondary N) is 1. The number of hydrogen-bond acceptors (Lipinski definition) is 5. The van der Waals surface area contributed by atoms with Gasteiger partial charge in [-0.3, -0.25) is 23.9 Å². The number of carbonyl (C=O) groups excluding carboxylic acids is 3. The van der Waals surface area contributed by atoms with Crippen LogP contribution < -0.4 is 5.32 Å². The minimum Gasteiger partial charge on any atom is -0.480 e. The molecule has 2 amide bonds. The lowest BCUT2D eigenvalue weighted by Gasteiger charge is -2.30. The van der Waals surface area contributed by atoms with Crippen LogP contribution in [-0.2, 0) is 32.8 Å². The van der Waals surface area contributed by atoms with Crippen molar-refractivity contribution in [1.82, 2.24) is 20.0 Å². The van der Waals surface area contributed by atoms with Crippen molar-refractivity contribution in [2.75, 3.05) is 13.1 Å². The van der Waals surface area contributed by atoms with Crippen LogP contribution in [0, 0.1) is 5.92 Å². The minimum absolute atomic E-state index is 0.0595. The van der Waals surface area contributed by atoms with Crippen molar-refractivity contribution in [3.8, 4) is 11.3 Å². The SMILES string of the molecule is Cn1nccc1-c1ccc(CN2CCC(=O)C(C(=O)NCC(=O)O)C2=O)cc1. The van der Waals surface area contributed by atoms with Crippen molar-refractivity contribution in [2.24, 2.45) is 13.0 Å². The van der Waals surface area contributed by atoms with Gasteiger partial charge in [0.05, 0.1) is 5.69 Å². The van der Waals surface area contributed by atoms with E-state index in [0.29, 0.717) is 0 Å². The predicted molar refractivity (Wildman–Crippen MR) is 97.8 cm³/mol. The van der Waals surface area contributed by atoms with Crippen molar-refractivity contribution >= 4 is 23.6 Å². The van der Waals surface area contributed by atoms with Gasteiger partial charge in [-0.1, -0.05) is 24.3 Å². The first-order valence-electron chi connectivity index (χ1n) is 8.75. The molecule has 0 radical (unpaired) electrons. The second-order valence-electron chi connectivity index (χ2n) is 6.56. The topological polar surface area (TPSA) is 122 Å². The number of nitrogens with zero attached hydrogens (tertiary/aromatic N) is 3. The summed E-state index contributed by atoms with van der Waals surface area (Å²) in [5.41, 5.74) is 2.80. The first-order valence-corrected chi connectivity index (χ1v) is 8.75. The largest absolute Gasteiger partial charge is 0.480 e. The third-order valence-corrected chi connectivity index (χ3v) is 4.63. The lowest BCUT2D eigenvalue weighted by atomic mass is 9.94. The molecular weight excluding hydrogens is 364 g/mol. The Morgan fingerprint density at radius 2 is 1.93 bits per heavy atom. The fourth-order valence-electron chi connectivity index (χ4n) is 3.16. The number of aromatic nitrogens is 2. The number of carboxylic acids is 1. The summed E-state index contributed by atoms with van der Waals surface area (Å²) in [6.07, 6.45) is 1.77. The molecule has 9 nitrogen and oxygen atoms in total. The van der Waals surface area contributed by atoms with Crippen molar-refractivity contribution in [1.29, 1.82) is 0 Å². The van der Waals surface area contributed by atoms with Gasteiger partial charge in [0.2, 0.25) is 11.8 Å². The van der Waals surface area contributed by atoms with E-state index in [1.165, 1.54) is 4.90 Å². The Morgan fingerprint density at radius 3 is 2.54 bits per heavy atom. The van der Waals surface area contributed by atoms with Gasteiger partial charge < -0.3 is 15.3 Å². The molecule has 28 heavy (non-hydrogen) atoms. The summed E-state index contributed by atoms with van der Waals surface area (Å²) in [5.74, 6) is -4.68. The molecule has 1 aromatic carbocycles. The molecule has 0 aliphatic carbocycles. The summed E-state index contributed by atoms with van der Waals surface area (Å²) in [5, 5.41) is 14.9. The number of carboxylic acid groups (broad SMARTS) is 1. The molecule has 0 spiro atoms. The molecule has 3 rings (SSSR count). The zero-order chi connectivity index (χ0) is 20.3. The molecule has 1 fully saturated rings. The number of amides is 2. The van der Waals surface area contributed by atoms with Crippen molar-refractivity contribution in [3.63, 3.8) is 0 Å². The number of aryl methyl sites for hydroxylation is 1. The summed E-state index contributed by atoms with van der Waals surface area (Å²) in [6.45, 7) is -0.143. The van der Waals surface area contributed by atoms with Gasteiger partial charge in [-0.05, 0) is 17.2 Å². The normalized spacial score (nSPS) is 16.9. The number of ketones is 1. The molecule has 0 saturated carbocycles. The summed E-state index contributed by atoms with van der Waals surface area (Å²) in [4.78, 5) is 48.8. The first kappa shape index (κ1) is 19.3. The van der Waals surface area contributed by atoms with E-state index in [1.54, 1.807) is 10.9 Å². The van der Waals surface area contributed by atoms with E-state index in [0.717, 1.165) is 16.8 Å². The molecular formula is C19H20N4O5. The van der Waals surface area contributed by atoms with E-state index in [9.17, 15) is 19.2 Å². The minimum atomic E-state index is -1.48. The quantitative estimate of drug-likeness (QED) is 0.687. The highest BCUT2D eigenvalue weighted by Gasteiger charge is 2.40. The van der Waals surface area contributed by atoms with Gasteiger partial charge in [0, 0.05) is 32.8 Å². The van der Waals surface area contributed by atoms with E-state index in [2.05, 4.69) is 10.4 Å². The Hall–Kier alpha value is -3.49. The summed E-state index contributed by atoms with van der Waals surface area (Å²) >= 11 is 0. The van der Waals surface area contributed by atoms with Crippen LogP contribution in [0.2, 0.25) is 0 Å². The zero-order valence-electron chi connectivity index (χ0n) is 15.3. The van der Waals surface area contributed by atoms with Crippen LogP contribution in [0.5, 0.6) is 0 Å². The number of hydrogen-bond donors (Lipinski definition) is 2. The van der Waals surface area contributed by atoms with E-state index in [1.807, 2.05) is 37.4 Å². The second kappa shape index (κ2) is 8.03. The number of benzene rings is 1. The summed E-state index contributed by atoms with van der Waals surface area (Å²) in [7, 11) is 1.85. The molecule has 2 aromatic rings. The van der Waals surface area contributed by atoms with E-state index in [-0.39, 0.29) is 19.5 Å².